The molecule has 0 bridgehead atoms. The van der Waals surface area contributed by atoms with Crippen LogP contribution >= 0.6 is 0 Å². The van der Waals surface area contributed by atoms with Crippen molar-refractivity contribution in [1.82, 2.24) is 20.1 Å². The Morgan fingerprint density at radius 3 is 2.92 bits per heavy atom. The summed E-state index contributed by atoms with van der Waals surface area (Å²) in [6, 6.07) is 6.48. The van der Waals surface area contributed by atoms with E-state index in [0.29, 0.717) is 23.3 Å². The van der Waals surface area contributed by atoms with Crippen molar-refractivity contribution >= 4 is 16.7 Å². The van der Waals surface area contributed by atoms with E-state index in [1.165, 1.54) is 0 Å². The van der Waals surface area contributed by atoms with Crippen molar-refractivity contribution in [2.24, 2.45) is 0 Å². The molecule has 1 fully saturated rings. The minimum atomic E-state index is -0.380. The summed E-state index contributed by atoms with van der Waals surface area (Å²) in [4.78, 5) is 18.2. The number of ketones is 1. The number of carbonyl (C=O) groups excluding carboxylic acids is 1. The van der Waals surface area contributed by atoms with Crippen molar-refractivity contribution in [3.05, 3.63) is 54.4 Å². The molecule has 1 aromatic carbocycles. The Hall–Kier alpha value is -2.66. The average molecular weight is 336 g/mol. The fourth-order valence-electron chi connectivity index (χ4n) is 3.14. The Kier molecular flexibility index (Phi) is 3.34. The largest absolute Gasteiger partial charge is 0.298 e. The molecule has 0 saturated carbocycles. The zero-order chi connectivity index (χ0) is 20.5. The molecule has 2 aromatic heterocycles. The van der Waals surface area contributed by atoms with E-state index < -0.39 is 0 Å². The number of fused-ring (bicyclic) bond motifs is 1. The van der Waals surface area contributed by atoms with Gasteiger partial charge in [0.05, 0.1) is 29.7 Å². The number of carbonyl (C=O) groups is 1. The molecule has 5 nitrogen and oxygen atoms in total. The second-order valence-corrected chi connectivity index (χ2v) is 6.27. The highest BCUT2D eigenvalue weighted by Crippen LogP contribution is 2.23. The summed E-state index contributed by atoms with van der Waals surface area (Å²) in [6.45, 7) is 2.36. The molecule has 0 aliphatic carbocycles. The number of aromatic nitrogens is 3. The van der Waals surface area contributed by atoms with Crippen LogP contribution in [0.25, 0.3) is 22.0 Å². The Labute approximate surface area is 152 Å². The first-order chi connectivity index (χ1) is 13.9. The minimum Gasteiger partial charge on any atom is -0.298 e. The highest BCUT2D eigenvalue weighted by atomic mass is 16.1. The molecule has 4 rings (SSSR count). The van der Waals surface area contributed by atoms with Crippen LogP contribution in [0.3, 0.4) is 0 Å². The summed E-state index contributed by atoms with van der Waals surface area (Å²) in [5.41, 5.74) is 1.97. The molecule has 0 unspecified atom stereocenters. The van der Waals surface area contributed by atoms with Gasteiger partial charge in [0.15, 0.2) is 5.78 Å². The van der Waals surface area contributed by atoms with Crippen LogP contribution in [0.4, 0.5) is 0 Å². The molecule has 0 N–H and O–H groups in total. The van der Waals surface area contributed by atoms with Gasteiger partial charge in [0.1, 0.15) is 0 Å². The van der Waals surface area contributed by atoms with E-state index in [1.807, 2.05) is 0 Å². The first kappa shape index (κ1) is 11.8. The predicted molar refractivity (Wildman–Crippen MR) is 97.2 cm³/mol. The molecule has 126 valence electrons. The van der Waals surface area contributed by atoms with Gasteiger partial charge < -0.3 is 0 Å². The zero-order valence-electron chi connectivity index (χ0n) is 17.7. The molecule has 5 heteroatoms. The predicted octanol–water partition coefficient (Wildman–Crippen LogP) is 2.90. The fraction of sp³-hybridized carbons (Fsp3) is 0.300. The van der Waals surface area contributed by atoms with Crippen molar-refractivity contribution in [1.29, 1.82) is 0 Å². The second-order valence-electron chi connectivity index (χ2n) is 6.27. The van der Waals surface area contributed by atoms with Crippen LogP contribution in [-0.4, -0.2) is 45.5 Å². The number of likely N-dealkylation sites (tertiary alicyclic amines) is 1. The van der Waals surface area contributed by atoms with Crippen molar-refractivity contribution in [3.63, 3.8) is 0 Å². The summed E-state index contributed by atoms with van der Waals surface area (Å²) >= 11 is 0. The number of benzene rings is 1. The average Bonchev–Trinajstić information content (AvgIpc) is 3.19. The minimum absolute atomic E-state index is 0.104. The first-order valence-corrected chi connectivity index (χ1v) is 8.37. The monoisotopic (exact) mass is 336 g/mol. The number of Topliss-reactive ketones (excluding diaryl/α,β-unsaturated/α-hetero) is 1. The topological polar surface area (TPSA) is 59.0 Å². The lowest BCUT2D eigenvalue weighted by Gasteiger charge is -2.12. The fourth-order valence-corrected chi connectivity index (χ4v) is 3.14. The molecule has 3 heterocycles. The van der Waals surface area contributed by atoms with Crippen LogP contribution in [-0.2, 0) is 11.2 Å². The molecule has 1 aliphatic heterocycles. The third-order valence-corrected chi connectivity index (χ3v) is 4.37. The molecule has 1 saturated heterocycles. The third-order valence-electron chi connectivity index (χ3n) is 4.37. The molecule has 0 amide bonds. The van der Waals surface area contributed by atoms with Crippen LogP contribution in [0.2, 0.25) is 0 Å². The number of hydrogen-bond donors (Lipinski definition) is 0. The van der Waals surface area contributed by atoms with Gasteiger partial charge in [-0.3, -0.25) is 14.7 Å². The van der Waals surface area contributed by atoms with Crippen molar-refractivity contribution in [2.45, 2.75) is 19.3 Å². The Balaban J connectivity index is 1.64. The lowest BCUT2D eigenvalue weighted by Crippen LogP contribution is -2.28. The quantitative estimate of drug-likeness (QED) is 0.717. The third kappa shape index (κ3) is 3.72. The van der Waals surface area contributed by atoms with E-state index in [4.69, 9.17) is 5.48 Å². The summed E-state index contributed by atoms with van der Waals surface area (Å²) in [7, 11) is 0. The van der Waals surface area contributed by atoms with Crippen molar-refractivity contribution < 1.29 is 10.3 Å². The van der Waals surface area contributed by atoms with Crippen LogP contribution < -0.4 is 0 Å². The maximum Gasteiger partial charge on any atom is 0.152 e. The SMILES string of the molecule is [2H]c1nc([2H])c(-c2ccc3nnc(CC(=O)CN4CCCC4)cc3c2)c([2H])c1[2H]. The molecule has 25 heavy (non-hydrogen) atoms. The lowest BCUT2D eigenvalue weighted by molar-refractivity contribution is -0.119. The van der Waals surface area contributed by atoms with Crippen molar-refractivity contribution in [2.75, 3.05) is 19.6 Å². The van der Waals surface area contributed by atoms with Gasteiger partial charge in [-0.05, 0) is 55.7 Å². The maximum atomic E-state index is 12.3. The zero-order valence-corrected chi connectivity index (χ0v) is 13.7. The van der Waals surface area contributed by atoms with E-state index in [2.05, 4.69) is 20.1 Å². The molecule has 0 spiro atoms. The normalized spacial score (nSPS) is 17.1. The van der Waals surface area contributed by atoms with E-state index >= 15 is 0 Å². The maximum absolute atomic E-state index is 12.3. The van der Waals surface area contributed by atoms with Gasteiger partial charge >= 0.3 is 0 Å². The van der Waals surface area contributed by atoms with E-state index in [1.54, 1.807) is 24.3 Å². The molecular formula is C20H20N4O. The van der Waals surface area contributed by atoms with Gasteiger partial charge in [0.2, 0.25) is 0 Å². The Morgan fingerprint density at radius 1 is 1.16 bits per heavy atom. The molecular weight excluding hydrogens is 312 g/mol. The highest BCUT2D eigenvalue weighted by Gasteiger charge is 2.16. The molecule has 1 aliphatic rings. The van der Waals surface area contributed by atoms with Gasteiger partial charge in [0, 0.05) is 23.3 Å². The summed E-state index contributed by atoms with van der Waals surface area (Å²) in [6.07, 6.45) is 1.89. The van der Waals surface area contributed by atoms with E-state index in [0.717, 1.165) is 31.3 Å². The van der Waals surface area contributed by atoms with E-state index in [-0.39, 0.29) is 42.2 Å². The van der Waals surface area contributed by atoms with Crippen LogP contribution in [0.5, 0.6) is 0 Å². The Morgan fingerprint density at radius 2 is 2.04 bits per heavy atom. The first-order valence-electron chi connectivity index (χ1n) is 10.4. The van der Waals surface area contributed by atoms with Crippen molar-refractivity contribution in [3.8, 4) is 11.1 Å². The van der Waals surface area contributed by atoms with E-state index in [9.17, 15) is 4.79 Å². The van der Waals surface area contributed by atoms with Crippen LogP contribution in [0.1, 0.15) is 24.0 Å². The number of rotatable bonds is 5. The van der Waals surface area contributed by atoms with Gasteiger partial charge in [0.25, 0.3) is 0 Å². The van der Waals surface area contributed by atoms with Crippen LogP contribution in [0, 0.1) is 0 Å². The number of nitrogens with zero attached hydrogens (tertiary/aromatic N) is 4. The Bertz CT molecular complexity index is 1100. The van der Waals surface area contributed by atoms with Gasteiger partial charge in [-0.15, -0.1) is 0 Å². The highest BCUT2D eigenvalue weighted by molar-refractivity contribution is 5.86. The standard InChI is InChI=1S/C20H20N4O/c25-19(14-24-8-1-2-9-24)12-18-11-17-10-15(5-6-20(17)23-22-18)16-4-3-7-21-13-16/h3-7,10-11,13H,1-2,8-9,12,14H2/i3D,4D,7D,13D. The molecule has 0 radical (unpaired) electrons. The molecule has 3 aromatic rings. The number of hydrogen-bond acceptors (Lipinski definition) is 5. The molecule has 0 atom stereocenters. The number of pyridine rings is 1. The van der Waals surface area contributed by atoms with Gasteiger partial charge in [-0.25, -0.2) is 0 Å². The van der Waals surface area contributed by atoms with Gasteiger partial charge in [-0.1, -0.05) is 12.1 Å². The summed E-state index contributed by atoms with van der Waals surface area (Å²) < 4.78 is 31.5. The summed E-state index contributed by atoms with van der Waals surface area (Å²) in [5, 5.41) is 9.08. The van der Waals surface area contributed by atoms with Gasteiger partial charge in [-0.2, -0.15) is 10.2 Å². The van der Waals surface area contributed by atoms with Crippen LogP contribution in [0.15, 0.2) is 48.7 Å². The summed E-state index contributed by atoms with van der Waals surface area (Å²) in [5.74, 6) is 0.104. The second kappa shape index (κ2) is 7.07. The lowest BCUT2D eigenvalue weighted by atomic mass is 10.0. The smallest absolute Gasteiger partial charge is 0.152 e.